The van der Waals surface area contributed by atoms with Gasteiger partial charge in [0.1, 0.15) is 6.23 Å². The topological polar surface area (TPSA) is 78.9 Å². The van der Waals surface area contributed by atoms with E-state index in [2.05, 4.69) is 5.32 Å². The number of anilines is 1. The normalized spacial score (nSPS) is 25.0. The number of hydrogen-bond acceptors (Lipinski definition) is 4. The summed E-state index contributed by atoms with van der Waals surface area (Å²) in [5, 5.41) is 16.6. The molecular weight excluding hydrogens is 523 g/mol. The van der Waals surface area contributed by atoms with Crippen LogP contribution in [-0.4, -0.2) is 29.9 Å². The molecule has 5 rings (SSSR count). The third-order valence-corrected chi connectivity index (χ3v) is 7.75. The molecule has 2 aliphatic heterocycles. The molecule has 1 spiro atoms. The van der Waals surface area contributed by atoms with Crippen LogP contribution >= 0.6 is 34.8 Å². The molecule has 0 bridgehead atoms. The average molecular weight is 546 g/mol. The fraction of sp³-hybridized carbons (Fsp3) is 0.259. The molecule has 2 N–H and O–H groups in total. The van der Waals surface area contributed by atoms with E-state index in [1.165, 1.54) is 4.90 Å². The van der Waals surface area contributed by atoms with Crippen LogP contribution in [0.2, 0.25) is 15.1 Å². The second kappa shape index (κ2) is 9.60. The number of aliphatic hydroxyl groups is 1. The van der Waals surface area contributed by atoms with Crippen molar-refractivity contribution >= 4 is 52.5 Å². The molecule has 3 aromatic carbocycles. The Labute approximate surface area is 223 Å². The largest absolute Gasteiger partial charge is 0.449 e. The first-order chi connectivity index (χ1) is 17.3. The number of hydrogen-bond donors (Lipinski definition) is 2. The maximum Gasteiger partial charge on any atom is 0.416 e. The van der Waals surface area contributed by atoms with Gasteiger partial charge >= 0.3 is 6.09 Å². The molecule has 2 heterocycles. The number of piperidine rings is 1. The number of fused-ring (bicyclic) bond motifs is 2. The Morgan fingerprint density at radius 3 is 2.42 bits per heavy atom. The van der Waals surface area contributed by atoms with Crippen LogP contribution in [0.15, 0.2) is 66.7 Å². The van der Waals surface area contributed by atoms with Crippen LogP contribution in [0.1, 0.15) is 42.0 Å². The second-order valence-corrected chi connectivity index (χ2v) is 10.2. The van der Waals surface area contributed by atoms with Gasteiger partial charge in [0, 0.05) is 27.4 Å². The predicted molar refractivity (Wildman–Crippen MR) is 140 cm³/mol. The lowest BCUT2D eigenvalue weighted by molar-refractivity contribution is -0.127. The van der Waals surface area contributed by atoms with Crippen LogP contribution in [0, 0.1) is 0 Å². The molecule has 0 saturated carbocycles. The fourth-order valence-corrected chi connectivity index (χ4v) is 6.14. The minimum absolute atomic E-state index is 0.0779. The highest BCUT2D eigenvalue weighted by molar-refractivity contribution is 6.31. The van der Waals surface area contributed by atoms with Gasteiger partial charge in [-0.25, -0.2) is 4.79 Å². The number of amides is 2. The highest BCUT2D eigenvalue weighted by Gasteiger charge is 2.64. The monoisotopic (exact) mass is 544 g/mol. The zero-order valence-corrected chi connectivity index (χ0v) is 21.5. The lowest BCUT2D eigenvalue weighted by atomic mass is 9.59. The predicted octanol–water partition coefficient (Wildman–Crippen LogP) is 6.22. The molecule has 0 aliphatic carbocycles. The number of aliphatic hydroxyl groups excluding tert-OH is 1. The van der Waals surface area contributed by atoms with E-state index in [9.17, 15) is 14.7 Å². The summed E-state index contributed by atoms with van der Waals surface area (Å²) < 4.78 is 5.32. The van der Waals surface area contributed by atoms with Gasteiger partial charge < -0.3 is 15.2 Å². The van der Waals surface area contributed by atoms with Crippen LogP contribution in [0.25, 0.3) is 0 Å². The van der Waals surface area contributed by atoms with Gasteiger partial charge in [0.25, 0.3) is 0 Å². The third-order valence-electron chi connectivity index (χ3n) is 7.03. The standard InChI is InChI=1S/C27H23Cl3N2O4/c1-2-36-26(35)32-22-13-19(30)10-11-20(22)27(25(32)34)21(15-6-8-17(28)9-7-15)14-23(33)31-24(27)16-4-3-5-18(29)12-16/h3-13,21,24-25,34H,2,14H2,1H3,(H,31,33)/t21-,24+,25?,27-/m1/s1. The quantitative estimate of drug-likeness (QED) is 0.409. The third kappa shape index (κ3) is 3.93. The summed E-state index contributed by atoms with van der Waals surface area (Å²) in [6.07, 6.45) is -2.02. The molecule has 186 valence electrons. The fourth-order valence-electron chi connectivity index (χ4n) is 5.65. The van der Waals surface area contributed by atoms with Crippen molar-refractivity contribution in [3.63, 3.8) is 0 Å². The molecule has 36 heavy (non-hydrogen) atoms. The van der Waals surface area contributed by atoms with Gasteiger partial charge in [0.2, 0.25) is 5.91 Å². The Morgan fingerprint density at radius 2 is 1.72 bits per heavy atom. The minimum Gasteiger partial charge on any atom is -0.449 e. The molecule has 1 unspecified atom stereocenters. The van der Waals surface area contributed by atoms with Crippen LogP contribution in [0.3, 0.4) is 0 Å². The first-order valence-corrected chi connectivity index (χ1v) is 12.6. The molecule has 1 saturated heterocycles. The van der Waals surface area contributed by atoms with Crippen molar-refractivity contribution in [3.05, 3.63) is 98.5 Å². The molecule has 6 nitrogen and oxygen atoms in total. The van der Waals surface area contributed by atoms with E-state index in [4.69, 9.17) is 39.5 Å². The van der Waals surface area contributed by atoms with Gasteiger partial charge in [0.05, 0.1) is 23.8 Å². The van der Waals surface area contributed by atoms with Crippen molar-refractivity contribution < 1.29 is 19.4 Å². The van der Waals surface area contributed by atoms with Crippen molar-refractivity contribution in [2.45, 2.75) is 36.9 Å². The lowest BCUT2D eigenvalue weighted by Gasteiger charge is -2.50. The molecule has 0 aromatic heterocycles. The number of rotatable bonds is 3. The molecule has 4 atom stereocenters. The van der Waals surface area contributed by atoms with Gasteiger partial charge in [-0.2, -0.15) is 0 Å². The molecule has 2 aliphatic rings. The van der Waals surface area contributed by atoms with Gasteiger partial charge in [-0.15, -0.1) is 0 Å². The number of nitrogens with one attached hydrogen (secondary N) is 1. The van der Waals surface area contributed by atoms with E-state index in [0.717, 1.165) is 5.56 Å². The number of carbonyl (C=O) groups is 2. The summed E-state index contributed by atoms with van der Waals surface area (Å²) in [7, 11) is 0. The van der Waals surface area contributed by atoms with Gasteiger partial charge in [0.15, 0.2) is 0 Å². The van der Waals surface area contributed by atoms with Crippen molar-refractivity contribution in [1.82, 2.24) is 5.32 Å². The summed E-state index contributed by atoms with van der Waals surface area (Å²) in [5.74, 6) is -0.718. The number of benzene rings is 3. The second-order valence-electron chi connectivity index (χ2n) is 8.90. The highest BCUT2D eigenvalue weighted by atomic mass is 35.5. The molecule has 0 radical (unpaired) electrons. The molecule has 9 heteroatoms. The van der Waals surface area contributed by atoms with E-state index in [1.807, 2.05) is 18.2 Å². The smallest absolute Gasteiger partial charge is 0.416 e. The number of ether oxygens (including phenoxy) is 1. The zero-order chi connectivity index (χ0) is 25.6. The average Bonchev–Trinajstić information content (AvgIpc) is 3.09. The molecule has 2 amide bonds. The summed E-state index contributed by atoms with van der Waals surface area (Å²) >= 11 is 18.9. The van der Waals surface area contributed by atoms with E-state index >= 15 is 0 Å². The zero-order valence-electron chi connectivity index (χ0n) is 19.3. The Bertz CT molecular complexity index is 1330. The van der Waals surface area contributed by atoms with E-state index in [1.54, 1.807) is 55.5 Å². The summed E-state index contributed by atoms with van der Waals surface area (Å²) in [6, 6.07) is 18.7. The number of carbonyl (C=O) groups excluding carboxylic acids is 2. The van der Waals surface area contributed by atoms with E-state index in [0.29, 0.717) is 31.9 Å². The van der Waals surface area contributed by atoms with Crippen molar-refractivity contribution in [3.8, 4) is 0 Å². The van der Waals surface area contributed by atoms with Crippen molar-refractivity contribution in [2.75, 3.05) is 11.5 Å². The number of nitrogens with zero attached hydrogens (tertiary/aromatic N) is 1. The van der Waals surface area contributed by atoms with Crippen LogP contribution in [-0.2, 0) is 14.9 Å². The highest BCUT2D eigenvalue weighted by Crippen LogP contribution is 2.61. The van der Waals surface area contributed by atoms with Crippen LogP contribution in [0.4, 0.5) is 10.5 Å². The minimum atomic E-state index is -1.39. The summed E-state index contributed by atoms with van der Waals surface area (Å²) in [5.41, 5.74) is 1.39. The first-order valence-electron chi connectivity index (χ1n) is 11.5. The molecular formula is C27H23Cl3N2O4. The Hall–Kier alpha value is -2.77. The van der Waals surface area contributed by atoms with Crippen LogP contribution < -0.4 is 10.2 Å². The molecule has 1 fully saturated rings. The SMILES string of the molecule is CCOC(=O)N1c2cc(Cl)ccc2[C@@]2(C1O)[C@@H](c1ccc(Cl)cc1)CC(=O)N[C@H]2c1cccc(Cl)c1. The van der Waals surface area contributed by atoms with E-state index < -0.39 is 29.7 Å². The van der Waals surface area contributed by atoms with Gasteiger partial charge in [-0.1, -0.05) is 65.1 Å². The Morgan fingerprint density at radius 1 is 1.03 bits per heavy atom. The lowest BCUT2D eigenvalue weighted by Crippen LogP contribution is -2.60. The Kier molecular flexibility index (Phi) is 6.64. The molecule has 3 aromatic rings. The van der Waals surface area contributed by atoms with Gasteiger partial charge in [-0.3, -0.25) is 9.69 Å². The van der Waals surface area contributed by atoms with Crippen molar-refractivity contribution in [2.24, 2.45) is 0 Å². The van der Waals surface area contributed by atoms with Crippen LogP contribution in [0.5, 0.6) is 0 Å². The maximum atomic E-state index is 13.2. The summed E-state index contributed by atoms with van der Waals surface area (Å²) in [6.45, 7) is 1.82. The summed E-state index contributed by atoms with van der Waals surface area (Å²) in [4.78, 5) is 27.5. The van der Waals surface area contributed by atoms with Crippen molar-refractivity contribution in [1.29, 1.82) is 0 Å². The maximum absolute atomic E-state index is 13.2. The van der Waals surface area contributed by atoms with E-state index in [-0.39, 0.29) is 18.9 Å². The number of halogens is 3. The first kappa shape index (κ1) is 24.9. The van der Waals surface area contributed by atoms with Gasteiger partial charge in [-0.05, 0) is 60.0 Å². The Balaban J connectivity index is 1.82.